The summed E-state index contributed by atoms with van der Waals surface area (Å²) in [5, 5.41) is 3.00. The van der Waals surface area contributed by atoms with Gasteiger partial charge in [-0.3, -0.25) is 4.79 Å². The third-order valence-corrected chi connectivity index (χ3v) is 2.03. The maximum Gasteiger partial charge on any atom is 0.205 e. The van der Waals surface area contributed by atoms with E-state index in [9.17, 15) is 4.79 Å². The van der Waals surface area contributed by atoms with Gasteiger partial charge >= 0.3 is 0 Å². The topological polar surface area (TPSA) is 42.2 Å². The number of halogens is 1. The molecule has 11 heavy (non-hydrogen) atoms. The fourth-order valence-corrected chi connectivity index (χ4v) is 1.51. The molecular weight excluding hydrogens is 210 g/mol. The van der Waals surface area contributed by atoms with E-state index in [2.05, 4.69) is 21.2 Å². The Hall–Kier alpha value is -0.770. The Labute approximate surface area is 71.9 Å². The molecule has 0 spiro atoms. The molecule has 1 aliphatic heterocycles. The van der Waals surface area contributed by atoms with Gasteiger partial charge in [0.25, 0.3) is 0 Å². The van der Waals surface area contributed by atoms with Crippen molar-refractivity contribution in [3.8, 4) is 0 Å². The third kappa shape index (κ3) is 1.07. The molecule has 0 atom stereocenters. The molecule has 3 nitrogen and oxygen atoms in total. The van der Waals surface area contributed by atoms with Crippen molar-refractivity contribution >= 4 is 27.6 Å². The van der Waals surface area contributed by atoms with Crippen LogP contribution in [0.3, 0.4) is 0 Å². The summed E-state index contributed by atoms with van der Waals surface area (Å²) in [5.74, 6) is 0.737. The highest BCUT2D eigenvalue weighted by atomic mass is 79.9. The van der Waals surface area contributed by atoms with Crippen LogP contribution in [0.5, 0.6) is 0 Å². The highest BCUT2D eigenvalue weighted by molar-refractivity contribution is 9.10. The van der Waals surface area contributed by atoms with Crippen molar-refractivity contribution in [2.75, 3.05) is 11.9 Å². The van der Waals surface area contributed by atoms with E-state index in [1.807, 2.05) is 0 Å². The van der Waals surface area contributed by atoms with Crippen LogP contribution in [0.2, 0.25) is 0 Å². The molecule has 0 radical (unpaired) electrons. The molecule has 4 heteroatoms. The van der Waals surface area contributed by atoms with Gasteiger partial charge in [0.2, 0.25) is 5.88 Å². The van der Waals surface area contributed by atoms with E-state index in [1.165, 1.54) is 0 Å². The van der Waals surface area contributed by atoms with Gasteiger partial charge in [0.1, 0.15) is 0 Å². The van der Waals surface area contributed by atoms with Crippen molar-refractivity contribution in [2.24, 2.45) is 0 Å². The maximum absolute atomic E-state index is 11.2. The molecule has 2 rings (SSSR count). The summed E-state index contributed by atoms with van der Waals surface area (Å²) in [7, 11) is 0. The highest BCUT2D eigenvalue weighted by Gasteiger charge is 2.20. The molecular formula is C7H6BrNO2. The predicted molar refractivity (Wildman–Crippen MR) is 43.8 cm³/mol. The highest BCUT2D eigenvalue weighted by Crippen LogP contribution is 2.28. The second-order valence-electron chi connectivity index (χ2n) is 2.39. The van der Waals surface area contributed by atoms with E-state index in [4.69, 9.17) is 4.42 Å². The first-order valence-corrected chi connectivity index (χ1v) is 4.13. The molecule has 0 amide bonds. The summed E-state index contributed by atoms with van der Waals surface area (Å²) in [6, 6.07) is 1.70. The number of hydrogen-bond acceptors (Lipinski definition) is 3. The largest absolute Gasteiger partial charge is 0.433 e. The Balaban J connectivity index is 2.52. The summed E-state index contributed by atoms with van der Waals surface area (Å²) < 4.78 is 5.76. The second kappa shape index (κ2) is 2.37. The molecule has 0 saturated carbocycles. The van der Waals surface area contributed by atoms with Gasteiger partial charge in [-0.15, -0.1) is 0 Å². The number of furan rings is 1. The number of carbonyl (C=O) groups is 1. The Morgan fingerprint density at radius 3 is 3.18 bits per heavy atom. The average Bonchev–Trinajstić information content (AvgIpc) is 2.31. The zero-order valence-corrected chi connectivity index (χ0v) is 7.27. The van der Waals surface area contributed by atoms with Crippen LogP contribution in [-0.4, -0.2) is 12.3 Å². The molecule has 0 aromatic carbocycles. The summed E-state index contributed by atoms with van der Waals surface area (Å²) in [6.45, 7) is 0.672. The lowest BCUT2D eigenvalue weighted by Crippen LogP contribution is -2.15. The van der Waals surface area contributed by atoms with Gasteiger partial charge in [-0.2, -0.15) is 0 Å². The van der Waals surface area contributed by atoms with Crippen molar-refractivity contribution in [2.45, 2.75) is 6.42 Å². The lowest BCUT2D eigenvalue weighted by molar-refractivity contribution is 0.0983. The van der Waals surface area contributed by atoms with Crippen molar-refractivity contribution in [3.63, 3.8) is 0 Å². The minimum Gasteiger partial charge on any atom is -0.433 e. The number of ketones is 1. The first kappa shape index (κ1) is 6.91. The van der Waals surface area contributed by atoms with Gasteiger partial charge in [-0.05, 0) is 15.9 Å². The Kier molecular flexibility index (Phi) is 1.49. The van der Waals surface area contributed by atoms with Gasteiger partial charge in [0.15, 0.2) is 10.5 Å². The lowest BCUT2D eigenvalue weighted by atomic mass is 10.1. The number of fused-ring (bicyclic) bond motifs is 1. The first-order chi connectivity index (χ1) is 5.27. The molecule has 1 N–H and O–H groups in total. The standard InChI is InChI=1S/C7H6BrNO2/c8-6-3-4-5(10)1-2-9-7(4)11-6/h3,9H,1-2H2. The Bertz CT molecular complexity index is 305. The van der Waals surface area contributed by atoms with Crippen LogP contribution < -0.4 is 5.32 Å². The van der Waals surface area contributed by atoms with E-state index in [1.54, 1.807) is 6.07 Å². The summed E-state index contributed by atoms with van der Waals surface area (Å²) in [6.07, 6.45) is 0.555. The van der Waals surface area contributed by atoms with Crippen LogP contribution in [0.4, 0.5) is 5.88 Å². The number of anilines is 1. The molecule has 1 aliphatic rings. The Morgan fingerprint density at radius 1 is 1.64 bits per heavy atom. The van der Waals surface area contributed by atoms with Crippen LogP contribution in [0.25, 0.3) is 0 Å². The minimum absolute atomic E-state index is 0.146. The van der Waals surface area contributed by atoms with Gasteiger partial charge in [0, 0.05) is 19.0 Å². The smallest absolute Gasteiger partial charge is 0.205 e. The number of carbonyl (C=O) groups excluding carboxylic acids is 1. The maximum atomic E-state index is 11.2. The summed E-state index contributed by atoms with van der Waals surface area (Å²) in [4.78, 5) is 11.2. The molecule has 0 unspecified atom stereocenters. The van der Waals surface area contributed by atoms with Crippen molar-refractivity contribution < 1.29 is 9.21 Å². The van der Waals surface area contributed by atoms with E-state index in [0.717, 1.165) is 0 Å². The van der Waals surface area contributed by atoms with E-state index < -0.39 is 0 Å². The number of rotatable bonds is 0. The molecule has 0 aliphatic carbocycles. The number of nitrogens with one attached hydrogen (secondary N) is 1. The van der Waals surface area contributed by atoms with Crippen molar-refractivity contribution in [1.82, 2.24) is 0 Å². The molecule has 2 heterocycles. The van der Waals surface area contributed by atoms with Gasteiger partial charge in [0.05, 0.1) is 5.56 Å². The SMILES string of the molecule is O=C1CCNc2oc(Br)cc21. The lowest BCUT2D eigenvalue weighted by Gasteiger charge is -2.09. The van der Waals surface area contributed by atoms with Gasteiger partial charge in [-0.1, -0.05) is 0 Å². The quantitative estimate of drug-likeness (QED) is 0.721. The van der Waals surface area contributed by atoms with Crippen LogP contribution in [0.1, 0.15) is 16.8 Å². The van der Waals surface area contributed by atoms with Crippen molar-refractivity contribution in [1.29, 1.82) is 0 Å². The van der Waals surface area contributed by atoms with E-state index in [0.29, 0.717) is 29.1 Å². The predicted octanol–water partition coefficient (Wildman–Crippen LogP) is 2.04. The fraction of sp³-hybridized carbons (Fsp3) is 0.286. The van der Waals surface area contributed by atoms with Crippen LogP contribution in [0.15, 0.2) is 15.2 Å². The number of Topliss-reactive ketones (excluding diaryl/α,β-unsaturated/α-hetero) is 1. The second-order valence-corrected chi connectivity index (χ2v) is 3.17. The average molecular weight is 216 g/mol. The third-order valence-electron chi connectivity index (χ3n) is 1.64. The number of hydrogen-bond donors (Lipinski definition) is 1. The minimum atomic E-state index is 0.146. The van der Waals surface area contributed by atoms with Gasteiger partial charge < -0.3 is 9.73 Å². The normalized spacial score (nSPS) is 15.9. The van der Waals surface area contributed by atoms with Crippen LogP contribution in [0, 0.1) is 0 Å². The molecule has 0 fully saturated rings. The van der Waals surface area contributed by atoms with Crippen molar-refractivity contribution in [3.05, 3.63) is 16.3 Å². The van der Waals surface area contributed by atoms with E-state index >= 15 is 0 Å². The fourth-order valence-electron chi connectivity index (χ4n) is 1.12. The molecule has 1 aromatic rings. The van der Waals surface area contributed by atoms with Crippen LogP contribution >= 0.6 is 15.9 Å². The van der Waals surface area contributed by atoms with Gasteiger partial charge in [-0.25, -0.2) is 0 Å². The Morgan fingerprint density at radius 2 is 2.45 bits per heavy atom. The zero-order valence-electron chi connectivity index (χ0n) is 5.69. The molecule has 0 bridgehead atoms. The summed E-state index contributed by atoms with van der Waals surface area (Å²) >= 11 is 3.16. The van der Waals surface area contributed by atoms with E-state index in [-0.39, 0.29) is 5.78 Å². The summed E-state index contributed by atoms with van der Waals surface area (Å²) in [5.41, 5.74) is 0.656. The molecule has 58 valence electrons. The zero-order chi connectivity index (χ0) is 7.84. The van der Waals surface area contributed by atoms with Crippen LogP contribution in [-0.2, 0) is 0 Å². The molecule has 0 saturated heterocycles. The monoisotopic (exact) mass is 215 g/mol. The first-order valence-electron chi connectivity index (χ1n) is 3.34. The molecule has 1 aromatic heterocycles.